The van der Waals surface area contributed by atoms with Crippen molar-refractivity contribution in [2.45, 2.75) is 404 Å². The Bertz CT molecular complexity index is 1940. The molecular formula is C90H158. The van der Waals surface area contributed by atoms with Crippen molar-refractivity contribution in [3.63, 3.8) is 0 Å². The van der Waals surface area contributed by atoms with Crippen LogP contribution in [-0.2, 0) is 0 Å². The van der Waals surface area contributed by atoms with E-state index in [1.54, 1.807) is 16.7 Å². The molecule has 518 valence electrons. The van der Waals surface area contributed by atoms with Crippen LogP contribution in [0.15, 0.2) is 144 Å². The molecule has 4 unspecified atom stereocenters. The highest BCUT2D eigenvalue weighted by atomic mass is 14.6. The molecule has 4 atom stereocenters. The number of hydrogen-bond acceptors (Lipinski definition) is 0. The van der Waals surface area contributed by atoms with Crippen LogP contribution >= 0.6 is 0 Å². The average molecular weight is 1240 g/mol. The van der Waals surface area contributed by atoms with Crippen molar-refractivity contribution < 1.29 is 0 Å². The molecule has 0 spiro atoms. The van der Waals surface area contributed by atoms with Gasteiger partial charge in [-0.05, 0) is 190 Å². The average Bonchev–Trinajstić information content (AvgIpc) is 0.727. The van der Waals surface area contributed by atoms with Gasteiger partial charge in [-0.3, -0.25) is 0 Å². The Hall–Kier alpha value is -3.12. The third kappa shape index (κ3) is 39.6. The van der Waals surface area contributed by atoms with Crippen molar-refractivity contribution in [3.8, 4) is 0 Å². The number of unbranched alkanes of at least 4 members (excludes halogenated alkanes) is 28. The van der Waals surface area contributed by atoms with Crippen molar-refractivity contribution >= 4 is 0 Å². The fraction of sp³-hybridized carbons (Fsp3) is 0.733. The van der Waals surface area contributed by atoms with Crippen LogP contribution in [0, 0.1) is 22.2 Å². The van der Waals surface area contributed by atoms with Crippen LogP contribution in [0.3, 0.4) is 0 Å². The second kappa shape index (κ2) is 64.6. The van der Waals surface area contributed by atoms with Gasteiger partial charge in [-0.2, -0.15) is 0 Å². The molecular weight excluding hydrogens is 1080 g/mol. The van der Waals surface area contributed by atoms with Crippen LogP contribution in [0.25, 0.3) is 0 Å². The molecule has 0 radical (unpaired) electrons. The van der Waals surface area contributed by atoms with Gasteiger partial charge >= 0.3 is 0 Å². The monoisotopic (exact) mass is 1240 g/mol. The highest BCUT2D eigenvalue weighted by molar-refractivity contribution is 5.48. The molecule has 0 aliphatic carbocycles. The van der Waals surface area contributed by atoms with E-state index in [9.17, 15) is 0 Å². The topological polar surface area (TPSA) is 0 Å². The van der Waals surface area contributed by atoms with Gasteiger partial charge in [0.15, 0.2) is 0 Å². The minimum Gasteiger partial charge on any atom is -0.0888 e. The molecule has 0 saturated carbocycles. The van der Waals surface area contributed by atoms with Gasteiger partial charge in [-0.25, -0.2) is 0 Å². The van der Waals surface area contributed by atoms with Crippen LogP contribution in [0.4, 0.5) is 0 Å². The van der Waals surface area contributed by atoms with Crippen molar-refractivity contribution in [1.29, 1.82) is 0 Å². The lowest BCUT2D eigenvalue weighted by atomic mass is 9.47. The lowest BCUT2D eigenvalue weighted by Gasteiger charge is -2.56. The minimum absolute atomic E-state index is 0.117. The predicted molar refractivity (Wildman–Crippen MR) is 416 cm³/mol. The van der Waals surface area contributed by atoms with Crippen molar-refractivity contribution in [1.82, 2.24) is 0 Å². The summed E-state index contributed by atoms with van der Waals surface area (Å²) in [6.45, 7) is 28.7. The van der Waals surface area contributed by atoms with Gasteiger partial charge in [0.25, 0.3) is 0 Å². The molecule has 0 nitrogen and oxygen atoms in total. The normalized spacial score (nSPS) is 15.8. The first-order chi connectivity index (χ1) is 44.3. The van der Waals surface area contributed by atoms with E-state index in [0.717, 1.165) is 116 Å². The first-order valence-corrected chi connectivity index (χ1v) is 40.3. The van der Waals surface area contributed by atoms with E-state index in [4.69, 9.17) is 0 Å². The maximum Gasteiger partial charge on any atom is 0.0202 e. The second-order valence-corrected chi connectivity index (χ2v) is 27.5. The molecule has 0 bridgehead atoms. The van der Waals surface area contributed by atoms with E-state index in [1.807, 2.05) is 0 Å². The fourth-order valence-electron chi connectivity index (χ4n) is 14.1. The molecule has 0 aliphatic heterocycles. The zero-order chi connectivity index (χ0) is 66.0. The van der Waals surface area contributed by atoms with Gasteiger partial charge in [0.05, 0.1) is 0 Å². The van der Waals surface area contributed by atoms with E-state index in [2.05, 4.69) is 211 Å². The lowest BCUT2D eigenvalue weighted by molar-refractivity contribution is 0.0466. The molecule has 0 aromatic rings. The van der Waals surface area contributed by atoms with Crippen molar-refractivity contribution in [3.05, 3.63) is 144 Å². The second-order valence-electron chi connectivity index (χ2n) is 27.5. The van der Waals surface area contributed by atoms with E-state index in [-0.39, 0.29) is 16.2 Å². The Morgan fingerprint density at radius 3 is 1.33 bits per heavy atom. The molecule has 0 N–H and O–H groups in total. The number of hydrogen-bond donors (Lipinski definition) is 0. The Morgan fingerprint density at radius 1 is 0.311 bits per heavy atom. The maximum atomic E-state index is 3.00. The van der Waals surface area contributed by atoms with Crippen LogP contribution < -0.4 is 0 Å². The van der Waals surface area contributed by atoms with Gasteiger partial charge in [0.2, 0.25) is 0 Å². The summed E-state index contributed by atoms with van der Waals surface area (Å²) in [5.41, 5.74) is 4.59. The lowest BCUT2D eigenvalue weighted by Crippen LogP contribution is -2.48. The summed E-state index contributed by atoms with van der Waals surface area (Å²) >= 11 is 0. The Morgan fingerprint density at radius 2 is 0.733 bits per heavy atom. The van der Waals surface area contributed by atoms with E-state index >= 15 is 0 Å². The quantitative estimate of drug-likeness (QED) is 0.0323. The van der Waals surface area contributed by atoms with Gasteiger partial charge in [0.1, 0.15) is 0 Å². The highest BCUT2D eigenvalue weighted by Gasteiger charge is 2.54. The molecule has 0 aromatic carbocycles. The SMILES string of the molecule is CCC=CCCC(CC=CCCC)(C(C=CCCCC)CC)C(C=CCCCCC)(CC=CCCCC)C(CCC=CCCC)=C(C=CCCCCCC)C(CC=CCCCCC)(CCC=CCCCC)/C(=C/CCCCCCCC)CC=CCCCCCC. The van der Waals surface area contributed by atoms with E-state index in [1.165, 1.54) is 205 Å². The van der Waals surface area contributed by atoms with Gasteiger partial charge in [0, 0.05) is 10.8 Å². The summed E-state index contributed by atoms with van der Waals surface area (Å²) in [5.74, 6) is 0.387. The summed E-state index contributed by atoms with van der Waals surface area (Å²) in [4.78, 5) is 0. The van der Waals surface area contributed by atoms with Crippen molar-refractivity contribution in [2.24, 2.45) is 22.2 Å². The molecule has 90 heavy (non-hydrogen) atoms. The summed E-state index contributed by atoms with van der Waals surface area (Å²) in [7, 11) is 0. The van der Waals surface area contributed by atoms with Crippen LogP contribution in [0.1, 0.15) is 404 Å². The molecule has 0 rings (SSSR count). The number of allylic oxidation sites excluding steroid dienone is 24. The van der Waals surface area contributed by atoms with Crippen molar-refractivity contribution in [2.75, 3.05) is 0 Å². The van der Waals surface area contributed by atoms with Gasteiger partial charge in [-0.1, -0.05) is 370 Å². The third-order valence-corrected chi connectivity index (χ3v) is 19.7. The molecule has 0 amide bonds. The van der Waals surface area contributed by atoms with Gasteiger partial charge in [-0.15, -0.1) is 0 Å². The van der Waals surface area contributed by atoms with Crippen LogP contribution in [0.5, 0.6) is 0 Å². The highest BCUT2D eigenvalue weighted by Crippen LogP contribution is 2.64. The summed E-state index contributed by atoms with van der Waals surface area (Å²) < 4.78 is 0. The van der Waals surface area contributed by atoms with Crippen LogP contribution in [-0.4, -0.2) is 0 Å². The first-order valence-electron chi connectivity index (χ1n) is 40.3. The number of rotatable bonds is 65. The molecule has 0 heteroatoms. The van der Waals surface area contributed by atoms with E-state index < -0.39 is 0 Å². The Labute approximate surface area is 567 Å². The molecule has 0 fully saturated rings. The fourth-order valence-corrected chi connectivity index (χ4v) is 14.1. The summed E-state index contributed by atoms with van der Waals surface area (Å²) in [6, 6.07) is 0. The molecule has 0 heterocycles. The smallest absolute Gasteiger partial charge is 0.0202 e. The van der Waals surface area contributed by atoms with Crippen LogP contribution in [0.2, 0.25) is 0 Å². The largest absolute Gasteiger partial charge is 0.0888 e. The Balaban J connectivity index is 11.1. The first kappa shape index (κ1) is 86.9. The maximum absolute atomic E-state index is 3.00. The zero-order valence-corrected chi connectivity index (χ0v) is 63.1. The third-order valence-electron chi connectivity index (χ3n) is 19.7. The summed E-state index contributed by atoms with van der Waals surface area (Å²) in [5, 5.41) is 0. The summed E-state index contributed by atoms with van der Waals surface area (Å²) in [6.07, 6.45) is 117. The molecule has 0 aromatic heterocycles. The zero-order valence-electron chi connectivity index (χ0n) is 63.1. The molecule has 0 aliphatic rings. The Kier molecular flexibility index (Phi) is 62.3. The molecule has 0 saturated heterocycles. The standard InChI is InChI=1S/C90H158/c1-13-25-36-47-52-55-63-74-85(75-64-56-53-48-37-26-14-2)88(78-67-60-50-39-28-16-4,79-68-61-51-40-29-17-5)86(76-65-57-49-38-27-15-3)87(77-66-54-41-30-18-6)90(82-71-58-42-31-19-7,83-72-59-43-32-20-8)89(80-69-45-34-22-10,81-70-46-35-23-11)84(24-12)73-62-44-33-21-9/h34,41,45-46,50,54-55,58,60-63,65,68,70-73,75-76,83-84H,13-33,35-40,42-44,47-49,51-53,56-57,59,64,66-67,69,74,77-82H2,1-12H3/b45-34?,54-41?,60-50?,63-55?,68-61?,70-46?,71-58?,73-62?,76-65?,83-72?,85-75+,87-86?. The minimum atomic E-state index is -0.290. The van der Waals surface area contributed by atoms with E-state index in [0.29, 0.717) is 5.92 Å². The van der Waals surface area contributed by atoms with Gasteiger partial charge < -0.3 is 0 Å². The predicted octanol–water partition coefficient (Wildman–Crippen LogP) is 32.1.